The van der Waals surface area contributed by atoms with Crippen LogP contribution in [0.4, 0.5) is 0 Å². The van der Waals surface area contributed by atoms with E-state index in [0.717, 1.165) is 19.4 Å². The molecule has 18 heavy (non-hydrogen) atoms. The molecule has 2 rings (SSSR count). The van der Waals surface area contributed by atoms with E-state index >= 15 is 0 Å². The smallest absolute Gasteiger partial charge is 0.263 e. The third kappa shape index (κ3) is 3.20. The Morgan fingerprint density at radius 1 is 1.39 bits per heavy atom. The third-order valence-electron chi connectivity index (χ3n) is 3.96. The van der Waals surface area contributed by atoms with Crippen LogP contribution in [0, 0.1) is 0 Å². The van der Waals surface area contributed by atoms with Crippen molar-refractivity contribution in [1.82, 2.24) is 10.3 Å². The van der Waals surface area contributed by atoms with Gasteiger partial charge >= 0.3 is 0 Å². The van der Waals surface area contributed by atoms with Crippen molar-refractivity contribution in [3.05, 3.63) is 0 Å². The molecule has 0 spiro atoms. The first-order valence-corrected chi connectivity index (χ1v) is 6.75. The van der Waals surface area contributed by atoms with Gasteiger partial charge in [-0.05, 0) is 25.7 Å². The number of carbonyl (C=O) groups excluding carboxylic acids is 1. The second-order valence-electron chi connectivity index (χ2n) is 5.14. The number of hydrazine groups is 1. The van der Waals surface area contributed by atoms with Gasteiger partial charge in [-0.25, -0.2) is 5.84 Å². The molecule has 2 atom stereocenters. The van der Waals surface area contributed by atoms with Crippen LogP contribution < -0.4 is 11.3 Å². The maximum absolute atomic E-state index is 11.4. The lowest BCUT2D eigenvalue weighted by Crippen LogP contribution is -2.46. The number of aliphatic hydroxyl groups excluding tert-OH is 1. The first kappa shape index (κ1) is 13.7. The number of ether oxygens (including phenoxy) is 1. The Morgan fingerprint density at radius 2 is 2.17 bits per heavy atom. The second kappa shape index (κ2) is 6.47. The van der Waals surface area contributed by atoms with Gasteiger partial charge in [0.05, 0.1) is 12.7 Å². The average molecular weight is 257 g/mol. The number of carbonyl (C=O) groups is 1. The monoisotopic (exact) mass is 257 g/mol. The molecule has 1 saturated carbocycles. The first-order valence-electron chi connectivity index (χ1n) is 6.75. The molecule has 2 aliphatic rings. The molecule has 1 amide bonds. The van der Waals surface area contributed by atoms with Crippen LogP contribution in [0.3, 0.4) is 0 Å². The second-order valence-corrected chi connectivity index (χ2v) is 5.14. The highest BCUT2D eigenvalue weighted by Gasteiger charge is 2.33. The van der Waals surface area contributed by atoms with Crippen LogP contribution in [0.25, 0.3) is 0 Å². The number of nitrogens with one attached hydrogen (secondary N) is 1. The summed E-state index contributed by atoms with van der Waals surface area (Å²) in [6.45, 7) is 1.67. The highest BCUT2D eigenvalue weighted by molar-refractivity contribution is 5.80. The van der Waals surface area contributed by atoms with Crippen molar-refractivity contribution in [1.29, 1.82) is 0 Å². The van der Waals surface area contributed by atoms with Crippen molar-refractivity contribution in [2.75, 3.05) is 19.7 Å². The summed E-state index contributed by atoms with van der Waals surface area (Å²) in [5.41, 5.74) is 2.13. The highest BCUT2D eigenvalue weighted by Crippen LogP contribution is 2.27. The molecule has 2 fully saturated rings. The van der Waals surface area contributed by atoms with Gasteiger partial charge in [-0.2, -0.15) is 0 Å². The van der Waals surface area contributed by atoms with Crippen LogP contribution >= 0.6 is 0 Å². The highest BCUT2D eigenvalue weighted by atomic mass is 16.5. The number of hydrogen-bond acceptors (Lipinski definition) is 5. The lowest BCUT2D eigenvalue weighted by Gasteiger charge is -2.38. The molecule has 4 N–H and O–H groups in total. The van der Waals surface area contributed by atoms with Crippen LogP contribution in [0.1, 0.15) is 32.1 Å². The van der Waals surface area contributed by atoms with Gasteiger partial charge in [0.15, 0.2) is 0 Å². The van der Waals surface area contributed by atoms with Gasteiger partial charge < -0.3 is 9.84 Å². The van der Waals surface area contributed by atoms with E-state index in [0.29, 0.717) is 12.6 Å². The van der Waals surface area contributed by atoms with E-state index in [-0.39, 0.29) is 18.6 Å². The molecule has 6 nitrogen and oxygen atoms in total. The summed E-state index contributed by atoms with van der Waals surface area (Å²) >= 11 is 0. The predicted molar refractivity (Wildman–Crippen MR) is 66.5 cm³/mol. The molecule has 104 valence electrons. The van der Waals surface area contributed by atoms with E-state index in [1.807, 2.05) is 0 Å². The molecule has 2 unspecified atom stereocenters. The van der Waals surface area contributed by atoms with Gasteiger partial charge in [0.2, 0.25) is 0 Å². The minimum atomic E-state index is -0.405. The Morgan fingerprint density at radius 3 is 2.72 bits per heavy atom. The molecule has 0 radical (unpaired) electrons. The Kier molecular flexibility index (Phi) is 4.94. The van der Waals surface area contributed by atoms with Gasteiger partial charge in [-0.15, -0.1) is 0 Å². The Balaban J connectivity index is 1.79. The molecular formula is C12H23N3O3. The van der Waals surface area contributed by atoms with Gasteiger partial charge in [0.1, 0.15) is 6.10 Å². The quantitative estimate of drug-likeness (QED) is 0.335. The maximum Gasteiger partial charge on any atom is 0.263 e. The summed E-state index contributed by atoms with van der Waals surface area (Å²) in [5.74, 6) is 4.86. The van der Waals surface area contributed by atoms with Gasteiger partial charge in [0.25, 0.3) is 5.91 Å². The minimum Gasteiger partial charge on any atom is -0.395 e. The normalized spacial score (nSPS) is 28.4. The summed E-state index contributed by atoms with van der Waals surface area (Å²) in [6, 6.07) is 0.586. The summed E-state index contributed by atoms with van der Waals surface area (Å²) < 4.78 is 5.69. The number of rotatable bonds is 6. The molecule has 0 aromatic heterocycles. The predicted octanol–water partition coefficient (Wildman–Crippen LogP) is -0.629. The summed E-state index contributed by atoms with van der Waals surface area (Å²) in [5, 5.41) is 9.09. The SMILES string of the molecule is NNC(=O)C1CCC(CN(CCO)C2CCC2)O1. The molecule has 1 heterocycles. The summed E-state index contributed by atoms with van der Waals surface area (Å²) in [7, 11) is 0. The van der Waals surface area contributed by atoms with Crippen molar-refractivity contribution < 1.29 is 14.6 Å². The number of nitrogens with two attached hydrogens (primary N) is 1. The molecule has 0 aromatic rings. The van der Waals surface area contributed by atoms with E-state index < -0.39 is 6.10 Å². The topological polar surface area (TPSA) is 87.8 Å². The Bertz CT molecular complexity index is 284. The zero-order chi connectivity index (χ0) is 13.0. The van der Waals surface area contributed by atoms with E-state index in [1.54, 1.807) is 0 Å². The minimum absolute atomic E-state index is 0.0828. The molecule has 0 bridgehead atoms. The fraction of sp³-hybridized carbons (Fsp3) is 0.917. The van der Waals surface area contributed by atoms with Crippen molar-refractivity contribution in [3.63, 3.8) is 0 Å². The standard InChI is InChI=1S/C12H23N3O3/c13-14-12(17)11-5-4-10(18-11)8-15(6-7-16)9-2-1-3-9/h9-11,16H,1-8,13H2,(H,14,17). The molecular weight excluding hydrogens is 234 g/mol. The number of amides is 1. The number of nitrogens with zero attached hydrogens (tertiary/aromatic N) is 1. The van der Waals surface area contributed by atoms with Crippen LogP contribution in [0.5, 0.6) is 0 Å². The fourth-order valence-electron chi connectivity index (χ4n) is 2.69. The first-order chi connectivity index (χ1) is 8.74. The van der Waals surface area contributed by atoms with Crippen LogP contribution in [0.2, 0.25) is 0 Å². The van der Waals surface area contributed by atoms with Gasteiger partial charge in [-0.1, -0.05) is 6.42 Å². The van der Waals surface area contributed by atoms with Crippen molar-refractivity contribution in [2.45, 2.75) is 50.4 Å². The molecule has 6 heteroatoms. The lowest BCUT2D eigenvalue weighted by molar-refractivity contribution is -0.132. The van der Waals surface area contributed by atoms with Crippen molar-refractivity contribution in [3.8, 4) is 0 Å². The van der Waals surface area contributed by atoms with Crippen LogP contribution in [-0.4, -0.2) is 53.9 Å². The van der Waals surface area contributed by atoms with Crippen LogP contribution in [0.15, 0.2) is 0 Å². The molecule has 1 aliphatic carbocycles. The molecule has 1 aliphatic heterocycles. The molecule has 1 saturated heterocycles. The van der Waals surface area contributed by atoms with Crippen molar-refractivity contribution >= 4 is 5.91 Å². The maximum atomic E-state index is 11.4. The largest absolute Gasteiger partial charge is 0.395 e. The summed E-state index contributed by atoms with van der Waals surface area (Å²) in [6.07, 6.45) is 4.98. The van der Waals surface area contributed by atoms with Gasteiger partial charge in [0, 0.05) is 19.1 Å². The zero-order valence-corrected chi connectivity index (χ0v) is 10.7. The summed E-state index contributed by atoms with van der Waals surface area (Å²) in [4.78, 5) is 13.6. The van der Waals surface area contributed by atoms with E-state index in [9.17, 15) is 4.79 Å². The number of hydrogen-bond donors (Lipinski definition) is 3. The average Bonchev–Trinajstić information content (AvgIpc) is 2.74. The van der Waals surface area contributed by atoms with Gasteiger partial charge in [-0.3, -0.25) is 15.1 Å². The third-order valence-corrected chi connectivity index (χ3v) is 3.96. The molecule has 0 aromatic carbocycles. The zero-order valence-electron chi connectivity index (χ0n) is 10.7. The fourth-order valence-corrected chi connectivity index (χ4v) is 2.69. The van der Waals surface area contributed by atoms with E-state index in [4.69, 9.17) is 15.7 Å². The van der Waals surface area contributed by atoms with E-state index in [2.05, 4.69) is 10.3 Å². The van der Waals surface area contributed by atoms with Crippen molar-refractivity contribution in [2.24, 2.45) is 5.84 Å². The number of aliphatic hydroxyl groups is 1. The Labute approximate surface area is 107 Å². The lowest BCUT2D eigenvalue weighted by atomic mass is 9.91. The Hall–Kier alpha value is -0.690. The van der Waals surface area contributed by atoms with Crippen LogP contribution in [-0.2, 0) is 9.53 Å². The van der Waals surface area contributed by atoms with E-state index in [1.165, 1.54) is 19.3 Å².